The fraction of sp³-hybridized carbons (Fsp3) is 0.281. The highest BCUT2D eigenvalue weighted by atomic mass is 35.5. The predicted molar refractivity (Wildman–Crippen MR) is 163 cm³/mol. The van der Waals surface area contributed by atoms with Gasteiger partial charge in [0.25, 0.3) is 0 Å². The molecule has 2 aliphatic rings. The number of anilines is 1. The lowest BCUT2D eigenvalue weighted by Gasteiger charge is -2.39. The zero-order chi connectivity index (χ0) is 30.5. The van der Waals surface area contributed by atoms with Gasteiger partial charge in [-0.15, -0.1) is 0 Å². The molecule has 0 radical (unpaired) electrons. The Bertz CT molecular complexity index is 1880. The number of hydrogen-bond acceptors (Lipinski definition) is 8. The molecule has 8 nitrogen and oxygen atoms in total. The normalized spacial score (nSPS) is 15.2. The van der Waals surface area contributed by atoms with Crippen LogP contribution in [0.3, 0.4) is 0 Å². The van der Waals surface area contributed by atoms with E-state index in [-0.39, 0.29) is 29.8 Å². The third-order valence-corrected chi connectivity index (χ3v) is 9.38. The summed E-state index contributed by atoms with van der Waals surface area (Å²) in [5.41, 5.74) is 4.46. The maximum atomic E-state index is 13.1. The molecular formula is C32H26ClF2N3O5S. The number of alkyl halides is 2. The van der Waals surface area contributed by atoms with Crippen LogP contribution in [-0.2, 0) is 6.61 Å². The Hall–Kier alpha value is -4.22. The molecule has 7 rings (SSSR count). The van der Waals surface area contributed by atoms with Crippen LogP contribution < -0.4 is 14.4 Å². The van der Waals surface area contributed by atoms with E-state index in [0.29, 0.717) is 33.4 Å². The molecule has 3 heterocycles. The van der Waals surface area contributed by atoms with E-state index in [2.05, 4.69) is 10.1 Å². The summed E-state index contributed by atoms with van der Waals surface area (Å²) in [6.07, 6.45) is 1.94. The molecule has 0 unspecified atom stereocenters. The number of aromatic carboxylic acids is 1. The topological polar surface area (TPSA) is 97.9 Å². The van der Waals surface area contributed by atoms with E-state index in [1.165, 1.54) is 17.4 Å². The first-order valence-electron chi connectivity index (χ1n) is 14.1. The van der Waals surface area contributed by atoms with Gasteiger partial charge in [0, 0.05) is 35.5 Å². The second kappa shape index (κ2) is 11.4. The van der Waals surface area contributed by atoms with E-state index in [1.807, 2.05) is 19.1 Å². The van der Waals surface area contributed by atoms with Crippen LogP contribution in [0.25, 0.3) is 21.5 Å². The number of carbonyl (C=O) groups is 1. The average molecular weight is 638 g/mol. The number of ether oxygens (including phenoxy) is 2. The summed E-state index contributed by atoms with van der Waals surface area (Å²) < 4.78 is 43.5. The first kappa shape index (κ1) is 28.5. The van der Waals surface area contributed by atoms with Crippen LogP contribution in [0, 0.1) is 6.92 Å². The number of halogens is 3. The second-order valence-electron chi connectivity index (χ2n) is 11.0. The number of fused-ring (bicyclic) bond motifs is 1. The second-order valence-corrected chi connectivity index (χ2v) is 12.5. The quantitative estimate of drug-likeness (QED) is 0.163. The van der Waals surface area contributed by atoms with Gasteiger partial charge in [0.15, 0.2) is 5.13 Å². The average Bonchev–Trinajstić information content (AvgIpc) is 3.58. The van der Waals surface area contributed by atoms with Gasteiger partial charge in [0.2, 0.25) is 0 Å². The lowest BCUT2D eigenvalue weighted by Crippen LogP contribution is -2.45. The fourth-order valence-corrected chi connectivity index (χ4v) is 6.99. The van der Waals surface area contributed by atoms with Gasteiger partial charge < -0.3 is 24.0 Å². The van der Waals surface area contributed by atoms with Crippen LogP contribution in [0.2, 0.25) is 5.02 Å². The number of para-hydroxylation sites is 1. The van der Waals surface area contributed by atoms with Gasteiger partial charge in [-0.3, -0.25) is 0 Å². The number of carboxylic acids is 1. The molecule has 226 valence electrons. The Morgan fingerprint density at radius 2 is 1.95 bits per heavy atom. The third kappa shape index (κ3) is 5.46. The molecule has 1 aliphatic heterocycles. The summed E-state index contributed by atoms with van der Waals surface area (Å²) >= 11 is 8.21. The molecule has 0 atom stereocenters. The maximum Gasteiger partial charge on any atom is 0.387 e. The number of aromatic nitrogens is 2. The van der Waals surface area contributed by atoms with Crippen molar-refractivity contribution >= 4 is 44.3 Å². The molecule has 2 fully saturated rings. The van der Waals surface area contributed by atoms with Gasteiger partial charge in [0.05, 0.1) is 21.3 Å². The summed E-state index contributed by atoms with van der Waals surface area (Å²) in [5, 5.41) is 15.0. The van der Waals surface area contributed by atoms with Crippen LogP contribution in [0.15, 0.2) is 59.1 Å². The van der Waals surface area contributed by atoms with Crippen molar-refractivity contribution in [3.8, 4) is 22.8 Å². The summed E-state index contributed by atoms with van der Waals surface area (Å²) in [5.74, 6) is 0.768. The molecule has 3 aromatic carbocycles. The van der Waals surface area contributed by atoms with Crippen LogP contribution in [-0.4, -0.2) is 40.9 Å². The highest BCUT2D eigenvalue weighted by Crippen LogP contribution is 2.46. The van der Waals surface area contributed by atoms with E-state index in [0.717, 1.165) is 52.4 Å². The van der Waals surface area contributed by atoms with Crippen LogP contribution in [0.1, 0.15) is 57.5 Å². The lowest BCUT2D eigenvalue weighted by atomic mass is 9.92. The predicted octanol–water partition coefficient (Wildman–Crippen LogP) is 8.27. The molecule has 1 saturated carbocycles. The Labute approximate surface area is 259 Å². The van der Waals surface area contributed by atoms with E-state index >= 15 is 0 Å². The number of benzene rings is 3. The highest BCUT2D eigenvalue weighted by Gasteiger charge is 2.34. The summed E-state index contributed by atoms with van der Waals surface area (Å²) in [7, 11) is 0. The van der Waals surface area contributed by atoms with Crippen LogP contribution in [0.5, 0.6) is 11.5 Å². The minimum Gasteiger partial charge on any atom is -0.489 e. The largest absolute Gasteiger partial charge is 0.489 e. The summed E-state index contributed by atoms with van der Waals surface area (Å²) in [4.78, 5) is 18.4. The van der Waals surface area contributed by atoms with E-state index < -0.39 is 12.6 Å². The fourth-order valence-electron chi connectivity index (χ4n) is 5.56. The Kier molecular flexibility index (Phi) is 7.37. The van der Waals surface area contributed by atoms with E-state index in [4.69, 9.17) is 30.6 Å². The molecule has 44 heavy (non-hydrogen) atoms. The SMILES string of the molecule is Cc1cc(C(=O)O)cc2sc(N3CC(c4ccc(OCc5c(-c6ccccc6OC(F)F)noc5C5CC5)cc4Cl)C3)nc12. The van der Waals surface area contributed by atoms with Gasteiger partial charge in [-0.1, -0.05) is 46.3 Å². The van der Waals surface area contributed by atoms with Gasteiger partial charge in [0.1, 0.15) is 29.6 Å². The number of aryl methyl sites for hydroxylation is 1. The standard InChI is InChI=1S/C32H26ClF2N3O5S/c1-16-10-18(30(39)40)11-26-27(16)36-32(44-26)38-13-19(14-38)21-9-8-20(12-24(21)33)41-15-23-28(37-43-29(23)17-6-7-17)22-4-2-3-5-25(22)42-31(34)35/h2-5,8-12,17,19,31H,6-7,13-15H2,1H3,(H,39,40). The van der Waals surface area contributed by atoms with Crippen molar-refractivity contribution in [1.82, 2.24) is 10.1 Å². The van der Waals surface area contributed by atoms with Crippen molar-refractivity contribution in [2.75, 3.05) is 18.0 Å². The number of nitrogens with zero attached hydrogens (tertiary/aromatic N) is 3. The minimum absolute atomic E-state index is 0.0207. The number of rotatable bonds is 10. The van der Waals surface area contributed by atoms with Crippen LogP contribution in [0.4, 0.5) is 13.9 Å². The highest BCUT2D eigenvalue weighted by molar-refractivity contribution is 7.22. The molecule has 0 spiro atoms. The zero-order valence-corrected chi connectivity index (χ0v) is 25.0. The lowest BCUT2D eigenvalue weighted by molar-refractivity contribution is -0.0494. The molecule has 1 saturated heterocycles. The molecule has 1 N–H and O–H groups in total. The maximum absolute atomic E-state index is 13.1. The molecule has 0 amide bonds. The first-order valence-corrected chi connectivity index (χ1v) is 15.3. The van der Waals surface area contributed by atoms with Gasteiger partial charge in [-0.05, 0) is 67.3 Å². The summed E-state index contributed by atoms with van der Waals surface area (Å²) in [6.45, 7) is 0.504. The van der Waals surface area contributed by atoms with Crippen molar-refractivity contribution in [3.63, 3.8) is 0 Å². The van der Waals surface area contributed by atoms with E-state index in [1.54, 1.807) is 36.4 Å². The van der Waals surface area contributed by atoms with Gasteiger partial charge >= 0.3 is 12.6 Å². The Morgan fingerprint density at radius 3 is 2.68 bits per heavy atom. The van der Waals surface area contributed by atoms with Crippen molar-refractivity contribution in [3.05, 3.63) is 87.6 Å². The van der Waals surface area contributed by atoms with Crippen LogP contribution >= 0.6 is 22.9 Å². The number of carboxylic acid groups (broad SMARTS) is 1. The van der Waals surface area contributed by atoms with Gasteiger partial charge in [-0.25, -0.2) is 9.78 Å². The molecule has 12 heteroatoms. The van der Waals surface area contributed by atoms with Crippen molar-refractivity contribution in [1.29, 1.82) is 0 Å². The summed E-state index contributed by atoms with van der Waals surface area (Å²) in [6, 6.07) is 15.4. The van der Waals surface area contributed by atoms with E-state index in [9.17, 15) is 18.7 Å². The third-order valence-electron chi connectivity index (χ3n) is 7.99. The van der Waals surface area contributed by atoms with Crippen molar-refractivity contribution in [2.45, 2.75) is 44.8 Å². The molecule has 0 bridgehead atoms. The van der Waals surface area contributed by atoms with Gasteiger partial charge in [-0.2, -0.15) is 8.78 Å². The minimum atomic E-state index is -2.97. The number of thiazole rings is 1. The molecular weight excluding hydrogens is 612 g/mol. The zero-order valence-electron chi connectivity index (χ0n) is 23.4. The number of hydrogen-bond donors (Lipinski definition) is 1. The molecule has 2 aromatic heterocycles. The Morgan fingerprint density at radius 1 is 1.16 bits per heavy atom. The first-order chi connectivity index (χ1) is 21.2. The van der Waals surface area contributed by atoms with Crippen molar-refractivity contribution in [2.24, 2.45) is 0 Å². The monoisotopic (exact) mass is 637 g/mol. The van der Waals surface area contributed by atoms with Crippen molar-refractivity contribution < 1.29 is 32.7 Å². The molecule has 5 aromatic rings. The Balaban J connectivity index is 1.05. The smallest absolute Gasteiger partial charge is 0.387 e. The molecule has 1 aliphatic carbocycles.